The van der Waals surface area contributed by atoms with Gasteiger partial charge >= 0.3 is 0 Å². The average molecular weight is 313 g/mol. The fraction of sp³-hybridized carbons (Fsp3) is 0.333. The highest BCUT2D eigenvalue weighted by atomic mass is 32.1. The van der Waals surface area contributed by atoms with Crippen molar-refractivity contribution in [2.24, 2.45) is 0 Å². The second kappa shape index (κ2) is 8.49. The number of benzene rings is 1. The van der Waals surface area contributed by atoms with E-state index < -0.39 is 0 Å². The van der Waals surface area contributed by atoms with E-state index in [4.69, 9.17) is 12.2 Å². The molecule has 22 heavy (non-hydrogen) atoms. The maximum atomic E-state index is 5.38. The predicted octanol–water partition coefficient (Wildman–Crippen LogP) is 4.47. The fourth-order valence-corrected chi connectivity index (χ4v) is 2.53. The molecule has 2 N–H and O–H groups in total. The van der Waals surface area contributed by atoms with Crippen molar-refractivity contribution < 1.29 is 0 Å². The third kappa shape index (κ3) is 5.11. The molecule has 0 bridgehead atoms. The van der Waals surface area contributed by atoms with Crippen molar-refractivity contribution in [1.29, 1.82) is 0 Å². The van der Waals surface area contributed by atoms with Crippen molar-refractivity contribution in [2.45, 2.75) is 39.2 Å². The molecule has 1 atom stereocenters. The first-order valence-electron chi connectivity index (χ1n) is 7.75. The molecule has 0 saturated carbocycles. The Kier molecular flexibility index (Phi) is 6.34. The molecule has 116 valence electrons. The third-order valence-electron chi connectivity index (χ3n) is 3.58. The van der Waals surface area contributed by atoms with E-state index in [1.54, 1.807) is 12.4 Å². The van der Waals surface area contributed by atoms with Gasteiger partial charge in [-0.25, -0.2) is 0 Å². The van der Waals surface area contributed by atoms with Crippen LogP contribution < -0.4 is 10.6 Å². The average Bonchev–Trinajstić information content (AvgIpc) is 2.55. The van der Waals surface area contributed by atoms with E-state index in [-0.39, 0.29) is 6.04 Å². The van der Waals surface area contributed by atoms with Gasteiger partial charge in [0.05, 0.1) is 6.04 Å². The maximum absolute atomic E-state index is 5.38. The first-order chi connectivity index (χ1) is 10.7. The Morgan fingerprint density at radius 3 is 2.45 bits per heavy atom. The van der Waals surface area contributed by atoms with E-state index >= 15 is 0 Å². The van der Waals surface area contributed by atoms with Gasteiger partial charge in [-0.3, -0.25) is 4.98 Å². The highest BCUT2D eigenvalue weighted by Gasteiger charge is 2.06. The van der Waals surface area contributed by atoms with Gasteiger partial charge in [0.25, 0.3) is 0 Å². The van der Waals surface area contributed by atoms with E-state index in [1.807, 2.05) is 12.1 Å². The molecule has 1 aromatic heterocycles. The molecule has 0 radical (unpaired) electrons. The minimum Gasteiger partial charge on any atom is -0.356 e. The van der Waals surface area contributed by atoms with Gasteiger partial charge in [0.15, 0.2) is 5.11 Å². The van der Waals surface area contributed by atoms with Crippen LogP contribution in [0.5, 0.6) is 0 Å². The molecule has 0 spiro atoms. The number of aryl methyl sites for hydroxylation is 1. The van der Waals surface area contributed by atoms with Crippen LogP contribution in [0.3, 0.4) is 0 Å². The topological polar surface area (TPSA) is 37.0 Å². The van der Waals surface area contributed by atoms with E-state index in [1.165, 1.54) is 18.4 Å². The number of thiocarbonyl (C=S) groups is 1. The zero-order valence-corrected chi connectivity index (χ0v) is 14.0. The van der Waals surface area contributed by atoms with Gasteiger partial charge in [-0.1, -0.05) is 25.5 Å². The molecule has 1 heterocycles. The van der Waals surface area contributed by atoms with Crippen LogP contribution in [-0.4, -0.2) is 10.1 Å². The number of aromatic nitrogens is 1. The molecule has 0 saturated heterocycles. The molecule has 2 aromatic rings. The van der Waals surface area contributed by atoms with Gasteiger partial charge in [-0.2, -0.15) is 0 Å². The molecule has 0 aliphatic heterocycles. The van der Waals surface area contributed by atoms with Crippen LogP contribution in [0.15, 0.2) is 48.8 Å². The third-order valence-corrected chi connectivity index (χ3v) is 3.80. The zero-order chi connectivity index (χ0) is 15.8. The normalized spacial score (nSPS) is 11.7. The van der Waals surface area contributed by atoms with Crippen LogP contribution in [0.25, 0.3) is 0 Å². The molecule has 4 heteroatoms. The van der Waals surface area contributed by atoms with Crippen LogP contribution >= 0.6 is 12.2 Å². The number of hydrogen-bond acceptors (Lipinski definition) is 2. The number of rotatable bonds is 6. The van der Waals surface area contributed by atoms with E-state index in [2.05, 4.69) is 53.7 Å². The monoisotopic (exact) mass is 313 g/mol. The lowest BCUT2D eigenvalue weighted by atomic mass is 10.1. The molecule has 1 unspecified atom stereocenters. The highest BCUT2D eigenvalue weighted by molar-refractivity contribution is 7.80. The number of nitrogens with one attached hydrogen (secondary N) is 2. The quantitative estimate of drug-likeness (QED) is 0.771. The van der Waals surface area contributed by atoms with Crippen molar-refractivity contribution in [3.8, 4) is 0 Å². The maximum Gasteiger partial charge on any atom is 0.171 e. The largest absolute Gasteiger partial charge is 0.356 e. The van der Waals surface area contributed by atoms with Crippen LogP contribution in [0.2, 0.25) is 0 Å². The lowest BCUT2D eigenvalue weighted by Gasteiger charge is -2.17. The van der Waals surface area contributed by atoms with E-state index in [9.17, 15) is 0 Å². The standard InChI is InChI=1S/C18H23N3S/c1-3-4-5-15-6-8-17(9-7-15)21-18(22)20-14(2)16-10-12-19-13-11-16/h6-14H,3-5H2,1-2H3,(H2,20,21,22). The zero-order valence-electron chi connectivity index (χ0n) is 13.2. The van der Waals surface area contributed by atoms with Gasteiger partial charge < -0.3 is 10.6 Å². The molecular formula is C18H23N3S. The molecular weight excluding hydrogens is 290 g/mol. The number of anilines is 1. The summed E-state index contributed by atoms with van der Waals surface area (Å²) in [6.45, 7) is 4.29. The van der Waals surface area contributed by atoms with Gasteiger partial charge in [-0.15, -0.1) is 0 Å². The number of pyridine rings is 1. The molecule has 0 fully saturated rings. The number of unbranched alkanes of at least 4 members (excludes halogenated alkanes) is 1. The Morgan fingerprint density at radius 1 is 1.14 bits per heavy atom. The summed E-state index contributed by atoms with van der Waals surface area (Å²) in [5, 5.41) is 7.15. The van der Waals surface area contributed by atoms with Crippen LogP contribution in [0.1, 0.15) is 43.9 Å². The summed E-state index contributed by atoms with van der Waals surface area (Å²) in [6, 6.07) is 12.6. The SMILES string of the molecule is CCCCc1ccc(NC(=S)NC(C)c2ccncc2)cc1. The lowest BCUT2D eigenvalue weighted by molar-refractivity contribution is 0.721. The Labute approximate surface area is 138 Å². The molecule has 0 aliphatic rings. The lowest BCUT2D eigenvalue weighted by Crippen LogP contribution is -2.30. The van der Waals surface area contributed by atoms with Crippen molar-refractivity contribution in [2.75, 3.05) is 5.32 Å². The predicted molar refractivity (Wildman–Crippen MR) is 97.1 cm³/mol. The molecule has 0 amide bonds. The Morgan fingerprint density at radius 2 is 1.82 bits per heavy atom. The molecule has 3 nitrogen and oxygen atoms in total. The number of nitrogens with zero attached hydrogens (tertiary/aromatic N) is 1. The van der Waals surface area contributed by atoms with Crippen molar-refractivity contribution in [1.82, 2.24) is 10.3 Å². The highest BCUT2D eigenvalue weighted by Crippen LogP contribution is 2.13. The van der Waals surface area contributed by atoms with Gasteiger partial charge in [0.1, 0.15) is 0 Å². The van der Waals surface area contributed by atoms with Crippen LogP contribution in [0.4, 0.5) is 5.69 Å². The summed E-state index contributed by atoms with van der Waals surface area (Å²) in [4.78, 5) is 4.03. The van der Waals surface area contributed by atoms with Gasteiger partial charge in [0, 0.05) is 18.1 Å². The summed E-state index contributed by atoms with van der Waals surface area (Å²) in [5.74, 6) is 0. The van der Waals surface area contributed by atoms with E-state index in [0.29, 0.717) is 5.11 Å². The summed E-state index contributed by atoms with van der Waals surface area (Å²) >= 11 is 5.38. The minimum absolute atomic E-state index is 0.145. The molecule has 2 rings (SSSR count). The summed E-state index contributed by atoms with van der Waals surface area (Å²) in [5.41, 5.74) is 3.55. The molecule has 1 aromatic carbocycles. The fourth-order valence-electron chi connectivity index (χ4n) is 2.23. The summed E-state index contributed by atoms with van der Waals surface area (Å²) in [6.07, 6.45) is 7.17. The van der Waals surface area contributed by atoms with Gasteiger partial charge in [0.2, 0.25) is 0 Å². The van der Waals surface area contributed by atoms with Gasteiger partial charge in [-0.05, 0) is 67.4 Å². The van der Waals surface area contributed by atoms with Crippen molar-refractivity contribution in [3.63, 3.8) is 0 Å². The Balaban J connectivity index is 1.86. The summed E-state index contributed by atoms with van der Waals surface area (Å²) < 4.78 is 0. The number of hydrogen-bond donors (Lipinski definition) is 2. The Bertz CT molecular complexity index is 581. The van der Waals surface area contributed by atoms with Crippen molar-refractivity contribution in [3.05, 3.63) is 59.9 Å². The van der Waals surface area contributed by atoms with Crippen molar-refractivity contribution >= 4 is 23.0 Å². The minimum atomic E-state index is 0.145. The second-order valence-corrected chi connectivity index (χ2v) is 5.81. The van der Waals surface area contributed by atoms with Crippen LogP contribution in [0, 0.1) is 0 Å². The van der Waals surface area contributed by atoms with Crippen LogP contribution in [-0.2, 0) is 6.42 Å². The Hall–Kier alpha value is -1.94. The molecule has 0 aliphatic carbocycles. The first-order valence-corrected chi connectivity index (χ1v) is 8.16. The summed E-state index contributed by atoms with van der Waals surface area (Å²) in [7, 11) is 0. The second-order valence-electron chi connectivity index (χ2n) is 5.40. The first kappa shape index (κ1) is 16.4. The van der Waals surface area contributed by atoms with E-state index in [0.717, 1.165) is 17.7 Å². The smallest absolute Gasteiger partial charge is 0.171 e.